The zero-order valence-electron chi connectivity index (χ0n) is 12.7. The number of nitrogens with one attached hydrogen (secondary N) is 2. The Balaban J connectivity index is 2.52. The largest absolute Gasteiger partial charge is 0.351 e. The molecular weight excluding hydrogens is 290 g/mol. The van der Waals surface area contributed by atoms with Crippen molar-refractivity contribution >= 4 is 22.0 Å². The van der Waals surface area contributed by atoms with E-state index in [0.717, 1.165) is 17.5 Å². The average molecular weight is 311 g/mol. The van der Waals surface area contributed by atoms with Crippen molar-refractivity contribution in [2.45, 2.75) is 26.3 Å². The maximum atomic E-state index is 11.7. The number of carbonyl (C=O) groups excluding carboxylic acids is 1. The lowest BCUT2D eigenvalue weighted by Crippen LogP contribution is -2.50. The monoisotopic (exact) mass is 311 g/mol. The van der Waals surface area contributed by atoms with Crippen LogP contribution in [0.1, 0.15) is 25.1 Å². The van der Waals surface area contributed by atoms with Crippen LogP contribution in [0.25, 0.3) is 6.08 Å². The van der Waals surface area contributed by atoms with Gasteiger partial charge in [-0.3, -0.25) is 9.78 Å². The normalized spacial score (nSPS) is 12.6. The smallest absolute Gasteiger partial charge is 0.244 e. The maximum Gasteiger partial charge on any atom is 0.244 e. The van der Waals surface area contributed by atoms with Gasteiger partial charge in [-0.25, -0.2) is 13.1 Å². The minimum absolute atomic E-state index is 0.190. The number of carbonyl (C=O) groups is 1. The fraction of sp³-hybridized carbons (Fsp3) is 0.429. The fourth-order valence-corrected chi connectivity index (χ4v) is 2.73. The Bertz CT molecular complexity index is 619. The number of pyridine rings is 1. The quantitative estimate of drug-likeness (QED) is 0.762. The highest BCUT2D eigenvalue weighted by Gasteiger charge is 2.22. The van der Waals surface area contributed by atoms with Gasteiger partial charge in [0.15, 0.2) is 0 Å². The van der Waals surface area contributed by atoms with E-state index >= 15 is 0 Å². The van der Waals surface area contributed by atoms with Gasteiger partial charge >= 0.3 is 0 Å². The van der Waals surface area contributed by atoms with Gasteiger partial charge in [0.1, 0.15) is 0 Å². The molecule has 0 radical (unpaired) electrons. The molecule has 0 saturated heterocycles. The third-order valence-corrected chi connectivity index (χ3v) is 3.45. The lowest BCUT2D eigenvalue weighted by atomic mass is 10.1. The molecule has 2 N–H and O–H groups in total. The zero-order valence-corrected chi connectivity index (χ0v) is 13.5. The minimum Gasteiger partial charge on any atom is -0.351 e. The predicted molar refractivity (Wildman–Crippen MR) is 83.1 cm³/mol. The maximum absolute atomic E-state index is 11.7. The highest BCUT2D eigenvalue weighted by Crippen LogP contribution is 2.03. The number of aromatic nitrogens is 1. The summed E-state index contributed by atoms with van der Waals surface area (Å²) in [7, 11) is -3.32. The van der Waals surface area contributed by atoms with Crippen molar-refractivity contribution in [2.75, 3.05) is 12.8 Å². The first-order valence-electron chi connectivity index (χ1n) is 6.45. The van der Waals surface area contributed by atoms with Gasteiger partial charge in [-0.15, -0.1) is 0 Å². The second-order valence-corrected chi connectivity index (χ2v) is 7.29. The molecule has 0 unspecified atom stereocenters. The van der Waals surface area contributed by atoms with E-state index in [-0.39, 0.29) is 12.5 Å². The number of rotatable bonds is 6. The number of aryl methyl sites for hydroxylation is 1. The van der Waals surface area contributed by atoms with Gasteiger partial charge in [-0.2, -0.15) is 0 Å². The highest BCUT2D eigenvalue weighted by molar-refractivity contribution is 7.88. The van der Waals surface area contributed by atoms with Crippen molar-refractivity contribution in [3.05, 3.63) is 35.7 Å². The van der Waals surface area contributed by atoms with Crippen molar-refractivity contribution in [1.29, 1.82) is 0 Å². The highest BCUT2D eigenvalue weighted by atomic mass is 32.2. The van der Waals surface area contributed by atoms with Crippen LogP contribution in [0.3, 0.4) is 0 Å². The number of hydrogen-bond acceptors (Lipinski definition) is 4. The molecule has 1 aromatic rings. The topological polar surface area (TPSA) is 88.2 Å². The molecule has 0 aliphatic carbocycles. The predicted octanol–water partition coefficient (Wildman–Crippen LogP) is 0.847. The Labute approximate surface area is 125 Å². The molecule has 1 aromatic heterocycles. The van der Waals surface area contributed by atoms with E-state index < -0.39 is 15.6 Å². The lowest BCUT2D eigenvalue weighted by molar-refractivity contribution is -0.116. The molecule has 1 amide bonds. The van der Waals surface area contributed by atoms with Gasteiger partial charge in [0.2, 0.25) is 15.9 Å². The van der Waals surface area contributed by atoms with E-state index in [1.165, 1.54) is 6.08 Å². The van der Waals surface area contributed by atoms with Gasteiger partial charge in [0.05, 0.1) is 6.26 Å². The second-order valence-electron chi connectivity index (χ2n) is 5.54. The van der Waals surface area contributed by atoms with E-state index in [0.29, 0.717) is 0 Å². The van der Waals surface area contributed by atoms with Gasteiger partial charge in [-0.1, -0.05) is 6.07 Å². The Morgan fingerprint density at radius 1 is 1.38 bits per heavy atom. The molecule has 1 heterocycles. The SMILES string of the molecule is Cc1ccc(/C=C/C(=O)NCC(C)(C)NS(C)(=O)=O)cn1. The summed E-state index contributed by atoms with van der Waals surface area (Å²) in [5.41, 5.74) is 0.983. The van der Waals surface area contributed by atoms with E-state index in [9.17, 15) is 13.2 Å². The van der Waals surface area contributed by atoms with Crippen LogP contribution in [-0.2, 0) is 14.8 Å². The van der Waals surface area contributed by atoms with Crippen molar-refractivity contribution in [2.24, 2.45) is 0 Å². The van der Waals surface area contributed by atoms with Crippen LogP contribution in [0.2, 0.25) is 0 Å². The second kappa shape index (κ2) is 6.82. The van der Waals surface area contributed by atoms with Crippen molar-refractivity contribution in [3.8, 4) is 0 Å². The summed E-state index contributed by atoms with van der Waals surface area (Å²) in [5.74, 6) is -0.293. The van der Waals surface area contributed by atoms with E-state index in [1.807, 2.05) is 19.1 Å². The molecule has 0 aliphatic heterocycles. The van der Waals surface area contributed by atoms with Crippen molar-refractivity contribution in [3.63, 3.8) is 0 Å². The van der Waals surface area contributed by atoms with E-state index in [1.54, 1.807) is 26.1 Å². The molecule has 0 aliphatic rings. The van der Waals surface area contributed by atoms with Gasteiger partial charge in [-0.05, 0) is 38.5 Å². The first-order valence-corrected chi connectivity index (χ1v) is 8.34. The van der Waals surface area contributed by atoms with Gasteiger partial charge in [0.25, 0.3) is 0 Å². The van der Waals surface area contributed by atoms with Crippen LogP contribution in [-0.4, -0.2) is 37.6 Å². The lowest BCUT2D eigenvalue weighted by Gasteiger charge is -2.24. The Kier molecular flexibility index (Phi) is 5.62. The Hall–Kier alpha value is -1.73. The fourth-order valence-electron chi connectivity index (χ4n) is 1.65. The third-order valence-electron chi connectivity index (χ3n) is 2.53. The molecule has 0 fully saturated rings. The summed E-state index contributed by atoms with van der Waals surface area (Å²) in [6, 6.07) is 3.72. The molecule has 0 spiro atoms. The first-order chi connectivity index (χ1) is 9.57. The first kappa shape index (κ1) is 17.3. The van der Waals surface area contributed by atoms with Crippen LogP contribution >= 0.6 is 0 Å². The van der Waals surface area contributed by atoms with Crippen LogP contribution < -0.4 is 10.0 Å². The summed E-state index contributed by atoms with van der Waals surface area (Å²) in [4.78, 5) is 15.8. The molecule has 6 nitrogen and oxygen atoms in total. The average Bonchev–Trinajstić information content (AvgIpc) is 2.33. The Morgan fingerprint density at radius 2 is 2.05 bits per heavy atom. The van der Waals surface area contributed by atoms with Crippen molar-refractivity contribution in [1.82, 2.24) is 15.0 Å². The van der Waals surface area contributed by atoms with Gasteiger partial charge < -0.3 is 5.32 Å². The number of hydrogen-bond donors (Lipinski definition) is 2. The van der Waals surface area contributed by atoms with E-state index in [2.05, 4.69) is 15.0 Å². The molecule has 7 heteroatoms. The molecule has 116 valence electrons. The molecular formula is C14H21N3O3S. The molecule has 0 saturated carbocycles. The minimum atomic E-state index is -3.32. The molecule has 0 atom stereocenters. The van der Waals surface area contributed by atoms with Crippen LogP contribution in [0.15, 0.2) is 24.4 Å². The summed E-state index contributed by atoms with van der Waals surface area (Å²) in [6.07, 6.45) is 5.80. The van der Waals surface area contributed by atoms with Crippen molar-refractivity contribution < 1.29 is 13.2 Å². The molecule has 21 heavy (non-hydrogen) atoms. The summed E-state index contributed by atoms with van der Waals surface area (Å²) in [5, 5.41) is 2.65. The molecule has 0 bridgehead atoms. The molecule has 1 rings (SSSR count). The third kappa shape index (κ3) is 7.57. The van der Waals surface area contributed by atoms with E-state index in [4.69, 9.17) is 0 Å². The summed E-state index contributed by atoms with van der Waals surface area (Å²) >= 11 is 0. The van der Waals surface area contributed by atoms with Crippen LogP contribution in [0, 0.1) is 6.92 Å². The summed E-state index contributed by atoms with van der Waals surface area (Å²) in [6.45, 7) is 5.47. The number of amides is 1. The number of sulfonamides is 1. The molecule has 0 aromatic carbocycles. The van der Waals surface area contributed by atoms with Gasteiger partial charge in [0, 0.05) is 30.1 Å². The standard InChI is InChI=1S/C14H21N3O3S/c1-11-5-6-12(9-15-11)7-8-13(18)16-10-14(2,3)17-21(4,19)20/h5-9,17H,10H2,1-4H3,(H,16,18)/b8-7+. The van der Waals surface area contributed by atoms with Crippen LogP contribution in [0.4, 0.5) is 0 Å². The van der Waals surface area contributed by atoms with Crippen LogP contribution in [0.5, 0.6) is 0 Å². The Morgan fingerprint density at radius 3 is 2.57 bits per heavy atom. The summed E-state index contributed by atoms with van der Waals surface area (Å²) < 4.78 is 24.8. The number of nitrogens with zero attached hydrogens (tertiary/aromatic N) is 1. The zero-order chi connectivity index (χ0) is 16.1.